The molecule has 27 heavy (non-hydrogen) atoms. The molecule has 3 rings (SSSR count). The number of likely N-dealkylation sites (tertiary alicyclic amines) is 1. The summed E-state index contributed by atoms with van der Waals surface area (Å²) in [6, 6.07) is 4.80. The van der Waals surface area contributed by atoms with Gasteiger partial charge in [-0.3, -0.25) is 9.59 Å². The van der Waals surface area contributed by atoms with Crippen LogP contribution < -0.4 is 5.32 Å². The SMILES string of the molecule is C[C@@H]1CCCN(C(=O)C[C@H](C)S(=O)(=O)c2ccc3c(c2)NC(=O)[C@@H](C)S3)C1. The fourth-order valence-corrected chi connectivity index (χ4v) is 5.79. The lowest BCUT2D eigenvalue weighted by molar-refractivity contribution is -0.132. The summed E-state index contributed by atoms with van der Waals surface area (Å²) in [5.41, 5.74) is 0.521. The quantitative estimate of drug-likeness (QED) is 0.825. The van der Waals surface area contributed by atoms with E-state index in [1.807, 2.05) is 6.92 Å². The summed E-state index contributed by atoms with van der Waals surface area (Å²) < 4.78 is 25.9. The van der Waals surface area contributed by atoms with E-state index in [0.717, 1.165) is 17.7 Å². The molecule has 0 radical (unpaired) electrons. The Balaban J connectivity index is 1.75. The van der Waals surface area contributed by atoms with Crippen molar-refractivity contribution in [2.75, 3.05) is 18.4 Å². The van der Waals surface area contributed by atoms with Crippen LogP contribution in [-0.4, -0.2) is 48.7 Å². The van der Waals surface area contributed by atoms with Gasteiger partial charge < -0.3 is 10.2 Å². The van der Waals surface area contributed by atoms with Crippen LogP contribution in [0.15, 0.2) is 28.0 Å². The Morgan fingerprint density at radius 2 is 2.11 bits per heavy atom. The van der Waals surface area contributed by atoms with E-state index in [0.29, 0.717) is 24.7 Å². The van der Waals surface area contributed by atoms with Gasteiger partial charge in [-0.1, -0.05) is 6.92 Å². The van der Waals surface area contributed by atoms with Crippen molar-refractivity contribution < 1.29 is 18.0 Å². The zero-order chi connectivity index (χ0) is 19.8. The monoisotopic (exact) mass is 410 g/mol. The summed E-state index contributed by atoms with van der Waals surface area (Å²) in [6.07, 6.45) is 2.05. The van der Waals surface area contributed by atoms with Crippen LogP contribution >= 0.6 is 11.8 Å². The number of carbonyl (C=O) groups excluding carboxylic acids is 2. The minimum Gasteiger partial charge on any atom is -0.342 e. The second-order valence-corrected chi connectivity index (χ2v) is 11.3. The van der Waals surface area contributed by atoms with Crippen LogP contribution in [0.5, 0.6) is 0 Å². The number of fused-ring (bicyclic) bond motifs is 1. The number of hydrogen-bond donors (Lipinski definition) is 1. The normalized spacial score (nSPS) is 24.1. The third-order valence-electron chi connectivity index (χ3n) is 5.21. The molecule has 1 fully saturated rings. The molecule has 1 aromatic rings. The number of anilines is 1. The van der Waals surface area contributed by atoms with Crippen LogP contribution in [0.25, 0.3) is 0 Å². The Bertz CT molecular complexity index is 853. The molecule has 8 heteroatoms. The smallest absolute Gasteiger partial charge is 0.237 e. The molecule has 148 valence electrons. The number of sulfone groups is 1. The molecule has 2 aliphatic heterocycles. The third-order valence-corrected chi connectivity index (χ3v) is 8.53. The van der Waals surface area contributed by atoms with Crippen LogP contribution in [0.3, 0.4) is 0 Å². The van der Waals surface area contributed by atoms with Gasteiger partial charge in [0.05, 0.1) is 21.1 Å². The van der Waals surface area contributed by atoms with E-state index in [2.05, 4.69) is 12.2 Å². The summed E-state index contributed by atoms with van der Waals surface area (Å²) in [5.74, 6) is 0.219. The standard InChI is InChI=1S/C19H26N2O4S2/c1-12-5-4-8-21(11-12)18(22)9-13(2)27(24,25)15-6-7-17-16(10-15)20-19(23)14(3)26-17/h6-7,10,12-14H,4-5,8-9,11H2,1-3H3,(H,20,23)/t12-,13+,14-/m1/s1. The lowest BCUT2D eigenvalue weighted by Crippen LogP contribution is -2.41. The van der Waals surface area contributed by atoms with Crippen molar-refractivity contribution in [3.8, 4) is 0 Å². The zero-order valence-electron chi connectivity index (χ0n) is 15.9. The molecule has 1 aromatic carbocycles. The number of piperidine rings is 1. The van der Waals surface area contributed by atoms with E-state index in [9.17, 15) is 18.0 Å². The minimum atomic E-state index is -3.66. The molecular formula is C19H26N2O4S2. The highest BCUT2D eigenvalue weighted by Crippen LogP contribution is 2.37. The maximum atomic E-state index is 13.0. The maximum Gasteiger partial charge on any atom is 0.237 e. The lowest BCUT2D eigenvalue weighted by atomic mass is 10.00. The number of carbonyl (C=O) groups is 2. The second-order valence-electron chi connectivity index (χ2n) is 7.55. The molecule has 3 atom stereocenters. The number of amides is 2. The van der Waals surface area contributed by atoms with E-state index < -0.39 is 15.1 Å². The predicted octanol–water partition coefficient (Wildman–Crippen LogP) is 2.93. The van der Waals surface area contributed by atoms with Crippen molar-refractivity contribution in [2.24, 2.45) is 5.92 Å². The highest BCUT2D eigenvalue weighted by molar-refractivity contribution is 8.01. The van der Waals surface area contributed by atoms with E-state index in [1.165, 1.54) is 17.8 Å². The molecule has 0 spiro atoms. The Labute approximate surface area is 165 Å². The largest absolute Gasteiger partial charge is 0.342 e. The molecule has 1 saturated heterocycles. The molecule has 2 aliphatic rings. The Morgan fingerprint density at radius 1 is 1.37 bits per heavy atom. The molecule has 0 aliphatic carbocycles. The van der Waals surface area contributed by atoms with Gasteiger partial charge in [0.15, 0.2) is 9.84 Å². The molecule has 0 saturated carbocycles. The first kappa shape index (κ1) is 20.2. The zero-order valence-corrected chi connectivity index (χ0v) is 17.5. The van der Waals surface area contributed by atoms with Crippen molar-refractivity contribution >= 4 is 39.1 Å². The van der Waals surface area contributed by atoms with Gasteiger partial charge in [-0.2, -0.15) is 0 Å². The molecule has 1 N–H and O–H groups in total. The minimum absolute atomic E-state index is 0.0235. The van der Waals surface area contributed by atoms with Crippen molar-refractivity contribution in [2.45, 2.75) is 60.3 Å². The topological polar surface area (TPSA) is 83.6 Å². The first-order chi connectivity index (χ1) is 12.7. The number of nitrogens with one attached hydrogen (secondary N) is 1. The average molecular weight is 411 g/mol. The number of benzene rings is 1. The molecule has 2 amide bonds. The van der Waals surface area contributed by atoms with Gasteiger partial charge in [0.1, 0.15) is 0 Å². The van der Waals surface area contributed by atoms with E-state index in [4.69, 9.17) is 0 Å². The molecular weight excluding hydrogens is 384 g/mol. The molecule has 2 heterocycles. The van der Waals surface area contributed by atoms with Gasteiger partial charge in [-0.15, -0.1) is 11.8 Å². The second kappa shape index (κ2) is 7.83. The van der Waals surface area contributed by atoms with Gasteiger partial charge in [0, 0.05) is 24.4 Å². The predicted molar refractivity (Wildman–Crippen MR) is 107 cm³/mol. The highest BCUT2D eigenvalue weighted by Gasteiger charge is 2.31. The molecule has 0 bridgehead atoms. The van der Waals surface area contributed by atoms with Gasteiger partial charge >= 0.3 is 0 Å². The van der Waals surface area contributed by atoms with Gasteiger partial charge in [-0.25, -0.2) is 8.42 Å². The Morgan fingerprint density at radius 3 is 2.81 bits per heavy atom. The van der Waals surface area contributed by atoms with E-state index in [-0.39, 0.29) is 28.4 Å². The molecule has 0 aromatic heterocycles. The summed E-state index contributed by atoms with van der Waals surface area (Å²) in [4.78, 5) is 27.2. The van der Waals surface area contributed by atoms with Gasteiger partial charge in [-0.05, 0) is 50.8 Å². The lowest BCUT2D eigenvalue weighted by Gasteiger charge is -2.31. The van der Waals surface area contributed by atoms with E-state index >= 15 is 0 Å². The van der Waals surface area contributed by atoms with Crippen LogP contribution in [-0.2, 0) is 19.4 Å². The number of nitrogens with zero attached hydrogens (tertiary/aromatic N) is 1. The van der Waals surface area contributed by atoms with E-state index in [1.54, 1.807) is 24.0 Å². The number of rotatable bonds is 4. The van der Waals surface area contributed by atoms with Gasteiger partial charge in [0.2, 0.25) is 11.8 Å². The summed E-state index contributed by atoms with van der Waals surface area (Å²) >= 11 is 1.41. The summed E-state index contributed by atoms with van der Waals surface area (Å²) in [6.45, 7) is 6.90. The van der Waals surface area contributed by atoms with Crippen molar-refractivity contribution in [1.82, 2.24) is 4.90 Å². The van der Waals surface area contributed by atoms with Crippen LogP contribution in [0.1, 0.15) is 40.0 Å². The summed E-state index contributed by atoms with van der Waals surface area (Å²) in [7, 11) is -3.66. The summed E-state index contributed by atoms with van der Waals surface area (Å²) in [5, 5.41) is 1.74. The van der Waals surface area contributed by atoms with Crippen LogP contribution in [0.4, 0.5) is 5.69 Å². The van der Waals surface area contributed by atoms with Crippen LogP contribution in [0, 0.1) is 5.92 Å². The number of thioether (sulfide) groups is 1. The Hall–Kier alpha value is -1.54. The molecule has 6 nitrogen and oxygen atoms in total. The molecule has 0 unspecified atom stereocenters. The first-order valence-corrected chi connectivity index (χ1v) is 11.7. The first-order valence-electron chi connectivity index (χ1n) is 9.31. The Kier molecular flexibility index (Phi) is 5.86. The highest BCUT2D eigenvalue weighted by atomic mass is 32.2. The van der Waals surface area contributed by atoms with Crippen LogP contribution in [0.2, 0.25) is 0 Å². The van der Waals surface area contributed by atoms with Crippen molar-refractivity contribution in [3.63, 3.8) is 0 Å². The van der Waals surface area contributed by atoms with Crippen molar-refractivity contribution in [1.29, 1.82) is 0 Å². The maximum absolute atomic E-state index is 13.0. The van der Waals surface area contributed by atoms with Gasteiger partial charge in [0.25, 0.3) is 0 Å². The fourth-order valence-electron chi connectivity index (χ4n) is 3.50. The third kappa shape index (κ3) is 4.32. The average Bonchev–Trinajstić information content (AvgIpc) is 2.62. The number of hydrogen-bond acceptors (Lipinski definition) is 5. The fraction of sp³-hybridized carbons (Fsp3) is 0.579. The van der Waals surface area contributed by atoms with Crippen molar-refractivity contribution in [3.05, 3.63) is 18.2 Å².